The monoisotopic (exact) mass is 252 g/mol. The van der Waals surface area contributed by atoms with Gasteiger partial charge in [0, 0.05) is 11.1 Å². The summed E-state index contributed by atoms with van der Waals surface area (Å²) in [6.07, 6.45) is 7.05. The summed E-state index contributed by atoms with van der Waals surface area (Å²) in [6.45, 7) is 3.20. The van der Waals surface area contributed by atoms with E-state index in [1.54, 1.807) is 0 Å². The highest BCUT2D eigenvalue weighted by Gasteiger charge is 2.58. The van der Waals surface area contributed by atoms with Crippen LogP contribution in [0.1, 0.15) is 45.4 Å². The molecule has 0 aromatic carbocycles. The minimum atomic E-state index is -0.261. The zero-order chi connectivity index (χ0) is 12.8. The summed E-state index contributed by atoms with van der Waals surface area (Å²) in [5.41, 5.74) is 0.277. The number of carbonyl (C=O) groups is 1. The number of hydrogen-bond acceptors (Lipinski definition) is 3. The third kappa shape index (κ3) is 1.91. The lowest BCUT2D eigenvalue weighted by molar-refractivity contribution is -0.0489. The van der Waals surface area contributed by atoms with Gasteiger partial charge in [-0.2, -0.15) is 0 Å². The van der Waals surface area contributed by atoms with E-state index >= 15 is 0 Å². The fourth-order valence-electron chi connectivity index (χ4n) is 5.26. The lowest BCUT2D eigenvalue weighted by atomic mass is 9.50. The maximum absolute atomic E-state index is 11.6. The van der Waals surface area contributed by atoms with Crippen molar-refractivity contribution in [1.82, 2.24) is 10.6 Å². The lowest BCUT2D eigenvalue weighted by Gasteiger charge is -2.62. The quantitative estimate of drug-likeness (QED) is 0.808. The SMILES string of the molecule is CCNC12CC3CC(C1)CC(NC(=O)OC)(C3)C2. The molecule has 4 heteroatoms. The lowest BCUT2D eigenvalue weighted by Crippen LogP contribution is -2.69. The Morgan fingerprint density at radius 2 is 1.83 bits per heavy atom. The van der Waals surface area contributed by atoms with Crippen molar-refractivity contribution >= 4 is 6.09 Å². The van der Waals surface area contributed by atoms with Gasteiger partial charge in [0.15, 0.2) is 0 Å². The average molecular weight is 252 g/mol. The molecule has 18 heavy (non-hydrogen) atoms. The molecule has 4 nitrogen and oxygen atoms in total. The van der Waals surface area contributed by atoms with Crippen LogP contribution in [-0.2, 0) is 4.74 Å². The molecule has 4 saturated carbocycles. The van der Waals surface area contributed by atoms with Crippen LogP contribution in [-0.4, -0.2) is 30.8 Å². The first kappa shape index (κ1) is 12.3. The minimum Gasteiger partial charge on any atom is -0.453 e. The topological polar surface area (TPSA) is 50.4 Å². The Balaban J connectivity index is 1.82. The molecule has 2 unspecified atom stereocenters. The van der Waals surface area contributed by atoms with Crippen LogP contribution in [0.2, 0.25) is 0 Å². The Morgan fingerprint density at radius 3 is 2.39 bits per heavy atom. The van der Waals surface area contributed by atoms with Crippen LogP contribution < -0.4 is 10.6 Å². The first-order valence-corrected chi connectivity index (χ1v) is 7.20. The van der Waals surface area contributed by atoms with Gasteiger partial charge < -0.3 is 15.4 Å². The first-order valence-electron chi connectivity index (χ1n) is 7.20. The van der Waals surface area contributed by atoms with E-state index in [1.165, 1.54) is 26.4 Å². The second-order valence-electron chi connectivity index (χ2n) is 6.67. The summed E-state index contributed by atoms with van der Waals surface area (Å²) in [7, 11) is 1.45. The second-order valence-corrected chi connectivity index (χ2v) is 6.67. The van der Waals surface area contributed by atoms with Crippen molar-refractivity contribution in [1.29, 1.82) is 0 Å². The normalized spacial score (nSPS) is 45.0. The Hall–Kier alpha value is -0.770. The molecule has 0 spiro atoms. The van der Waals surface area contributed by atoms with E-state index in [9.17, 15) is 4.79 Å². The van der Waals surface area contributed by atoms with Crippen LogP contribution >= 0.6 is 0 Å². The standard InChI is InChI=1S/C14H24N2O2/c1-3-15-13-5-10-4-11(6-13)8-14(7-10,9-13)16-12(17)18-2/h10-11,15H,3-9H2,1-2H3,(H,16,17). The van der Waals surface area contributed by atoms with Crippen molar-refractivity contribution in [2.45, 2.75) is 56.5 Å². The molecule has 4 aliphatic carbocycles. The van der Waals surface area contributed by atoms with E-state index in [0.717, 1.165) is 37.6 Å². The highest BCUT2D eigenvalue weighted by Crippen LogP contribution is 2.57. The maximum atomic E-state index is 11.6. The summed E-state index contributed by atoms with van der Waals surface area (Å²) < 4.78 is 4.81. The highest BCUT2D eigenvalue weighted by atomic mass is 16.5. The third-order valence-corrected chi connectivity index (χ3v) is 5.17. The molecule has 0 heterocycles. The maximum Gasteiger partial charge on any atom is 0.407 e. The van der Waals surface area contributed by atoms with Crippen LogP contribution in [0.15, 0.2) is 0 Å². The van der Waals surface area contributed by atoms with Gasteiger partial charge in [0.1, 0.15) is 0 Å². The average Bonchev–Trinajstić information content (AvgIpc) is 2.26. The van der Waals surface area contributed by atoms with Gasteiger partial charge in [0.05, 0.1) is 7.11 Å². The van der Waals surface area contributed by atoms with E-state index in [1.807, 2.05) is 0 Å². The van der Waals surface area contributed by atoms with Crippen LogP contribution in [0.5, 0.6) is 0 Å². The molecular weight excluding hydrogens is 228 g/mol. The van der Waals surface area contributed by atoms with Crippen LogP contribution in [0.4, 0.5) is 4.79 Å². The molecule has 0 aliphatic heterocycles. The molecule has 4 rings (SSSR count). The summed E-state index contributed by atoms with van der Waals surface area (Å²) >= 11 is 0. The molecule has 2 atom stereocenters. The number of methoxy groups -OCH3 is 1. The number of amides is 1. The fourth-order valence-corrected chi connectivity index (χ4v) is 5.26. The molecule has 102 valence electrons. The number of rotatable bonds is 3. The van der Waals surface area contributed by atoms with Gasteiger partial charge >= 0.3 is 6.09 Å². The Morgan fingerprint density at radius 1 is 1.22 bits per heavy atom. The molecular formula is C14H24N2O2. The molecule has 1 amide bonds. The second kappa shape index (κ2) is 4.12. The predicted octanol–water partition coefficient (Wildman–Crippen LogP) is 2.04. The highest BCUT2D eigenvalue weighted by molar-refractivity contribution is 5.68. The smallest absolute Gasteiger partial charge is 0.407 e. The van der Waals surface area contributed by atoms with Crippen LogP contribution in [0.3, 0.4) is 0 Å². The summed E-state index contributed by atoms with van der Waals surface area (Å²) in [5.74, 6) is 1.56. The van der Waals surface area contributed by atoms with E-state index in [0.29, 0.717) is 0 Å². The van der Waals surface area contributed by atoms with Gasteiger partial charge in [0.2, 0.25) is 0 Å². The Bertz CT molecular complexity index is 342. The summed E-state index contributed by atoms with van der Waals surface area (Å²) in [4.78, 5) is 11.6. The van der Waals surface area contributed by atoms with Crippen molar-refractivity contribution in [3.8, 4) is 0 Å². The number of alkyl carbamates (subject to hydrolysis) is 1. The third-order valence-electron chi connectivity index (χ3n) is 5.17. The van der Waals surface area contributed by atoms with Crippen molar-refractivity contribution in [3.63, 3.8) is 0 Å². The molecule has 4 bridgehead atoms. The van der Waals surface area contributed by atoms with E-state index in [-0.39, 0.29) is 17.2 Å². The van der Waals surface area contributed by atoms with Gasteiger partial charge in [-0.05, 0) is 56.9 Å². The summed E-state index contributed by atoms with van der Waals surface area (Å²) in [6, 6.07) is 0. The van der Waals surface area contributed by atoms with E-state index in [2.05, 4.69) is 17.6 Å². The molecule has 0 radical (unpaired) electrons. The molecule has 0 aromatic rings. The Labute approximate surface area is 109 Å². The zero-order valence-electron chi connectivity index (χ0n) is 11.4. The molecule has 4 aliphatic rings. The number of carbonyl (C=O) groups excluding carboxylic acids is 1. The first-order chi connectivity index (χ1) is 8.59. The van der Waals surface area contributed by atoms with E-state index < -0.39 is 0 Å². The van der Waals surface area contributed by atoms with Crippen LogP contribution in [0.25, 0.3) is 0 Å². The van der Waals surface area contributed by atoms with Crippen molar-refractivity contribution in [2.24, 2.45) is 11.8 Å². The summed E-state index contributed by atoms with van der Waals surface area (Å²) in [5, 5.41) is 6.87. The molecule has 0 saturated heterocycles. The van der Waals surface area contributed by atoms with Crippen molar-refractivity contribution in [2.75, 3.05) is 13.7 Å². The van der Waals surface area contributed by atoms with Gasteiger partial charge in [-0.15, -0.1) is 0 Å². The van der Waals surface area contributed by atoms with Crippen molar-refractivity contribution in [3.05, 3.63) is 0 Å². The number of ether oxygens (including phenoxy) is 1. The Kier molecular flexibility index (Phi) is 2.81. The molecule has 2 N–H and O–H groups in total. The van der Waals surface area contributed by atoms with Crippen LogP contribution in [0, 0.1) is 11.8 Å². The molecule has 0 aromatic heterocycles. The molecule has 4 fully saturated rings. The van der Waals surface area contributed by atoms with Crippen molar-refractivity contribution < 1.29 is 9.53 Å². The zero-order valence-corrected chi connectivity index (χ0v) is 11.4. The fraction of sp³-hybridized carbons (Fsp3) is 0.929. The predicted molar refractivity (Wildman–Crippen MR) is 69.4 cm³/mol. The number of hydrogen-bond donors (Lipinski definition) is 2. The van der Waals surface area contributed by atoms with Gasteiger partial charge in [-0.3, -0.25) is 0 Å². The van der Waals surface area contributed by atoms with E-state index in [4.69, 9.17) is 4.74 Å². The minimum absolute atomic E-state index is 0.000648. The van der Waals surface area contributed by atoms with Gasteiger partial charge in [0.25, 0.3) is 0 Å². The largest absolute Gasteiger partial charge is 0.453 e. The number of nitrogens with one attached hydrogen (secondary N) is 2. The van der Waals surface area contributed by atoms with Gasteiger partial charge in [-0.1, -0.05) is 6.92 Å². The van der Waals surface area contributed by atoms with Gasteiger partial charge in [-0.25, -0.2) is 4.79 Å².